The van der Waals surface area contributed by atoms with Crippen molar-refractivity contribution in [1.29, 1.82) is 0 Å². The number of carbonyl (C=O) groups excluding carboxylic acids is 2. The Bertz CT molecular complexity index is 417. The minimum Gasteiger partial charge on any atom is -0.368 e. The molecule has 16 heavy (non-hydrogen) atoms. The van der Waals surface area contributed by atoms with Gasteiger partial charge in [-0.15, -0.1) is 0 Å². The Balaban J connectivity index is 2.06. The average molecular weight is 220 g/mol. The van der Waals surface area contributed by atoms with E-state index >= 15 is 0 Å². The molecule has 0 unspecified atom stereocenters. The number of Topliss-reactive ketones (excluding diaryl/α,β-unsaturated/α-hetero) is 2. The van der Waals surface area contributed by atoms with Crippen LogP contribution in [0.4, 0.5) is 0 Å². The van der Waals surface area contributed by atoms with Gasteiger partial charge in [-0.1, -0.05) is 0 Å². The highest BCUT2D eigenvalue weighted by molar-refractivity contribution is 6.25. The third-order valence-electron chi connectivity index (χ3n) is 3.29. The SMILES string of the molecule is CC1=C([C@H]2CO2)C(=O)C(C)=C([C@H]2CO2)C1=O. The molecule has 0 aromatic rings. The smallest absolute Gasteiger partial charge is 0.188 e. The molecule has 3 rings (SSSR count). The van der Waals surface area contributed by atoms with Crippen LogP contribution in [0.2, 0.25) is 0 Å². The van der Waals surface area contributed by atoms with Gasteiger partial charge in [0.15, 0.2) is 11.6 Å². The fourth-order valence-electron chi connectivity index (χ4n) is 2.19. The Hall–Kier alpha value is -1.26. The predicted molar refractivity (Wildman–Crippen MR) is 54.9 cm³/mol. The Labute approximate surface area is 92.9 Å². The van der Waals surface area contributed by atoms with Crippen molar-refractivity contribution in [2.75, 3.05) is 13.2 Å². The molecule has 0 aromatic carbocycles. The van der Waals surface area contributed by atoms with Crippen LogP contribution in [0.15, 0.2) is 22.3 Å². The maximum Gasteiger partial charge on any atom is 0.188 e. The molecule has 1 aliphatic carbocycles. The lowest BCUT2D eigenvalue weighted by Gasteiger charge is -2.18. The fraction of sp³-hybridized carbons (Fsp3) is 0.500. The van der Waals surface area contributed by atoms with Gasteiger partial charge in [-0.2, -0.15) is 0 Å². The zero-order valence-electron chi connectivity index (χ0n) is 9.20. The lowest BCUT2D eigenvalue weighted by molar-refractivity contribution is -0.116. The van der Waals surface area contributed by atoms with Crippen molar-refractivity contribution in [2.45, 2.75) is 26.1 Å². The molecule has 2 aliphatic heterocycles. The molecule has 0 spiro atoms. The van der Waals surface area contributed by atoms with E-state index in [1.54, 1.807) is 13.8 Å². The Morgan fingerprint density at radius 2 is 1.19 bits per heavy atom. The topological polar surface area (TPSA) is 59.2 Å². The van der Waals surface area contributed by atoms with Crippen molar-refractivity contribution < 1.29 is 19.1 Å². The summed E-state index contributed by atoms with van der Waals surface area (Å²) >= 11 is 0. The molecule has 2 saturated heterocycles. The van der Waals surface area contributed by atoms with Gasteiger partial charge < -0.3 is 9.47 Å². The van der Waals surface area contributed by atoms with Crippen molar-refractivity contribution in [2.24, 2.45) is 0 Å². The number of hydrogen-bond donors (Lipinski definition) is 0. The third-order valence-corrected chi connectivity index (χ3v) is 3.29. The molecule has 0 amide bonds. The van der Waals surface area contributed by atoms with Crippen LogP contribution in [0.5, 0.6) is 0 Å². The highest BCUT2D eigenvalue weighted by Gasteiger charge is 2.44. The van der Waals surface area contributed by atoms with Crippen molar-refractivity contribution in [3.05, 3.63) is 22.3 Å². The number of hydrogen-bond acceptors (Lipinski definition) is 4. The molecule has 4 nitrogen and oxygen atoms in total. The summed E-state index contributed by atoms with van der Waals surface area (Å²) in [6.07, 6.45) is -0.318. The molecule has 2 fully saturated rings. The number of allylic oxidation sites excluding steroid dienone is 2. The zero-order valence-corrected chi connectivity index (χ0v) is 9.20. The largest absolute Gasteiger partial charge is 0.368 e. The zero-order chi connectivity index (χ0) is 11.4. The molecule has 0 radical (unpaired) electrons. The number of rotatable bonds is 2. The van der Waals surface area contributed by atoms with E-state index in [0.717, 1.165) is 0 Å². The monoisotopic (exact) mass is 220 g/mol. The van der Waals surface area contributed by atoms with Crippen LogP contribution < -0.4 is 0 Å². The van der Waals surface area contributed by atoms with E-state index in [4.69, 9.17) is 9.47 Å². The van der Waals surface area contributed by atoms with Crippen molar-refractivity contribution in [1.82, 2.24) is 0 Å². The maximum absolute atomic E-state index is 12.1. The van der Waals surface area contributed by atoms with Gasteiger partial charge in [0.1, 0.15) is 12.2 Å². The molecular formula is C12H12O4. The molecule has 0 aromatic heterocycles. The van der Waals surface area contributed by atoms with E-state index in [1.807, 2.05) is 0 Å². The van der Waals surface area contributed by atoms with Crippen LogP contribution >= 0.6 is 0 Å². The highest BCUT2D eigenvalue weighted by Crippen LogP contribution is 2.36. The summed E-state index contributed by atoms with van der Waals surface area (Å²) in [5, 5.41) is 0. The van der Waals surface area contributed by atoms with Gasteiger partial charge in [0.25, 0.3) is 0 Å². The minimum atomic E-state index is -0.159. The summed E-state index contributed by atoms with van der Waals surface area (Å²) in [6, 6.07) is 0. The molecule has 84 valence electrons. The van der Waals surface area contributed by atoms with E-state index in [9.17, 15) is 9.59 Å². The summed E-state index contributed by atoms with van der Waals surface area (Å²) in [6.45, 7) is 4.50. The van der Waals surface area contributed by atoms with E-state index < -0.39 is 0 Å². The van der Waals surface area contributed by atoms with Gasteiger partial charge >= 0.3 is 0 Å². The lowest BCUT2D eigenvalue weighted by Crippen LogP contribution is -2.26. The number of carbonyl (C=O) groups is 2. The summed E-state index contributed by atoms with van der Waals surface area (Å²) in [7, 11) is 0. The number of epoxide rings is 2. The van der Waals surface area contributed by atoms with Crippen molar-refractivity contribution >= 4 is 11.6 Å². The summed E-state index contributed by atoms with van der Waals surface area (Å²) in [4.78, 5) is 24.2. The molecule has 4 heteroatoms. The second kappa shape index (κ2) is 3.12. The molecule has 0 bridgehead atoms. The number of ether oxygens (including phenoxy) is 2. The minimum absolute atomic E-state index is 0.0508. The first-order valence-corrected chi connectivity index (χ1v) is 5.35. The maximum atomic E-state index is 12.1. The first kappa shape index (κ1) is 9.93. The highest BCUT2D eigenvalue weighted by atomic mass is 16.6. The lowest BCUT2D eigenvalue weighted by atomic mass is 9.83. The second-order valence-corrected chi connectivity index (χ2v) is 4.38. The summed E-state index contributed by atoms with van der Waals surface area (Å²) in [5.74, 6) is -0.102. The van der Waals surface area contributed by atoms with Gasteiger partial charge in [0, 0.05) is 22.3 Å². The van der Waals surface area contributed by atoms with Crippen LogP contribution in [0.25, 0.3) is 0 Å². The Morgan fingerprint density at radius 1 is 0.875 bits per heavy atom. The Kier molecular flexibility index (Phi) is 1.94. The van der Waals surface area contributed by atoms with Gasteiger partial charge in [-0.05, 0) is 13.8 Å². The number of ketones is 2. The molecule has 2 heterocycles. The first-order chi connectivity index (χ1) is 7.61. The standard InChI is InChI=1S/C12H12O4/c1-5-9(7-3-15-7)12(14)6(2)10(11(5)13)8-4-16-8/h7-8H,3-4H2,1-2H3/t7-,8-/m1/s1. The van der Waals surface area contributed by atoms with Crippen LogP contribution in [0.1, 0.15) is 13.8 Å². The van der Waals surface area contributed by atoms with E-state index in [2.05, 4.69) is 0 Å². The van der Waals surface area contributed by atoms with Crippen molar-refractivity contribution in [3.63, 3.8) is 0 Å². The van der Waals surface area contributed by atoms with Gasteiger partial charge in [0.2, 0.25) is 0 Å². The molecule has 3 aliphatic rings. The summed E-state index contributed by atoms with van der Waals surface area (Å²) < 4.78 is 10.2. The average Bonchev–Trinajstić information content (AvgIpc) is 3.07. The van der Waals surface area contributed by atoms with E-state index in [1.165, 1.54) is 0 Å². The quantitative estimate of drug-likeness (QED) is 0.504. The van der Waals surface area contributed by atoms with E-state index in [0.29, 0.717) is 35.5 Å². The van der Waals surface area contributed by atoms with Gasteiger partial charge in [-0.3, -0.25) is 9.59 Å². The predicted octanol–water partition coefficient (Wildman–Crippen LogP) is 0.569. The van der Waals surface area contributed by atoms with Crippen LogP contribution in [0, 0.1) is 0 Å². The second-order valence-electron chi connectivity index (χ2n) is 4.38. The molecular weight excluding hydrogens is 208 g/mol. The Morgan fingerprint density at radius 3 is 1.44 bits per heavy atom. The first-order valence-electron chi connectivity index (χ1n) is 5.35. The fourth-order valence-corrected chi connectivity index (χ4v) is 2.19. The third kappa shape index (κ3) is 1.30. The van der Waals surface area contributed by atoms with Gasteiger partial charge in [0.05, 0.1) is 13.2 Å². The van der Waals surface area contributed by atoms with E-state index in [-0.39, 0.29) is 23.8 Å². The van der Waals surface area contributed by atoms with Crippen molar-refractivity contribution in [3.8, 4) is 0 Å². The van der Waals surface area contributed by atoms with Crippen LogP contribution in [0.3, 0.4) is 0 Å². The summed E-state index contributed by atoms with van der Waals surface area (Å²) in [5.41, 5.74) is 2.16. The van der Waals surface area contributed by atoms with Crippen LogP contribution in [-0.4, -0.2) is 37.0 Å². The molecule has 0 saturated carbocycles. The molecule has 0 N–H and O–H groups in total. The molecule has 2 atom stereocenters. The normalized spacial score (nSPS) is 33.6. The van der Waals surface area contributed by atoms with Gasteiger partial charge in [-0.25, -0.2) is 0 Å². The van der Waals surface area contributed by atoms with Crippen LogP contribution in [-0.2, 0) is 19.1 Å².